The lowest BCUT2D eigenvalue weighted by Crippen LogP contribution is -2.39. The lowest BCUT2D eigenvalue weighted by molar-refractivity contribution is 0.154. The van der Waals surface area contributed by atoms with Crippen LogP contribution in [-0.2, 0) is 4.74 Å². The van der Waals surface area contributed by atoms with Crippen LogP contribution in [0.4, 0.5) is 15.5 Å². The summed E-state index contributed by atoms with van der Waals surface area (Å²) in [6.07, 6.45) is -0.897. The Hall–Kier alpha value is -2.23. The topological polar surface area (TPSA) is 103 Å². The van der Waals surface area contributed by atoms with Crippen LogP contribution in [0, 0.1) is 0 Å². The van der Waals surface area contributed by atoms with Crippen LogP contribution in [0.2, 0.25) is 0 Å². The molecule has 10 heteroatoms. The molecule has 0 radical (unpaired) electrons. The fourth-order valence-corrected chi connectivity index (χ4v) is 1.23. The molecule has 0 saturated heterocycles. The minimum absolute atomic E-state index is 0.119. The minimum Gasteiger partial charge on any atom is -0.481 e. The van der Waals surface area contributed by atoms with Gasteiger partial charge in [-0.15, -0.1) is 0 Å². The molecule has 0 aliphatic carbocycles. The van der Waals surface area contributed by atoms with Crippen LogP contribution in [0.5, 0.6) is 11.8 Å². The van der Waals surface area contributed by atoms with E-state index in [4.69, 9.17) is 9.47 Å². The Balaban J connectivity index is 2.87. The molecular weight excluding hydrogens is 288 g/mol. The Morgan fingerprint density at radius 2 is 1.85 bits per heavy atom. The Morgan fingerprint density at radius 3 is 2.30 bits per heavy atom. The van der Waals surface area contributed by atoms with Crippen molar-refractivity contribution in [3.8, 4) is 11.8 Å². The SMILES string of the molecule is CCOC(=O)NC(=O)N(S)c1nc(OC)cc(OC)n1. The highest BCUT2D eigenvalue weighted by atomic mass is 32.1. The minimum atomic E-state index is -0.897. The average molecular weight is 302 g/mol. The number of anilines is 1. The molecule has 3 amide bonds. The van der Waals surface area contributed by atoms with Gasteiger partial charge in [-0.2, -0.15) is 9.97 Å². The average Bonchev–Trinajstić information content (AvgIpc) is 2.45. The molecule has 0 fully saturated rings. The lowest BCUT2D eigenvalue weighted by atomic mass is 10.6. The lowest BCUT2D eigenvalue weighted by Gasteiger charge is -2.15. The molecule has 1 aromatic heterocycles. The molecule has 1 N–H and O–H groups in total. The van der Waals surface area contributed by atoms with Crippen LogP contribution in [0.1, 0.15) is 6.92 Å². The monoisotopic (exact) mass is 302 g/mol. The molecule has 0 aromatic carbocycles. The number of methoxy groups -OCH3 is 2. The van der Waals surface area contributed by atoms with Crippen LogP contribution < -0.4 is 19.1 Å². The Bertz CT molecular complexity index is 476. The van der Waals surface area contributed by atoms with Crippen LogP contribution in [0.25, 0.3) is 0 Å². The third kappa shape index (κ3) is 4.16. The van der Waals surface area contributed by atoms with Crippen molar-refractivity contribution in [3.63, 3.8) is 0 Å². The highest BCUT2D eigenvalue weighted by molar-refractivity contribution is 7.82. The van der Waals surface area contributed by atoms with E-state index < -0.39 is 12.1 Å². The van der Waals surface area contributed by atoms with E-state index in [1.165, 1.54) is 20.3 Å². The van der Waals surface area contributed by atoms with Crippen molar-refractivity contribution in [1.82, 2.24) is 15.3 Å². The highest BCUT2D eigenvalue weighted by Crippen LogP contribution is 2.21. The number of aromatic nitrogens is 2. The maximum Gasteiger partial charge on any atom is 0.415 e. The maximum atomic E-state index is 11.7. The zero-order chi connectivity index (χ0) is 15.1. The zero-order valence-corrected chi connectivity index (χ0v) is 12.0. The summed E-state index contributed by atoms with van der Waals surface area (Å²) in [6, 6.07) is 0.552. The number of carbonyl (C=O) groups excluding carboxylic acids is 2. The van der Waals surface area contributed by atoms with Gasteiger partial charge in [-0.1, -0.05) is 12.8 Å². The smallest absolute Gasteiger partial charge is 0.415 e. The summed E-state index contributed by atoms with van der Waals surface area (Å²) in [6.45, 7) is 1.74. The van der Waals surface area contributed by atoms with Crippen molar-refractivity contribution in [3.05, 3.63) is 6.07 Å². The number of thiol groups is 1. The standard InChI is InChI=1S/C10H14N4O5S/c1-4-19-10(16)13-9(15)14(20)8-11-6(17-2)5-7(12-8)18-3/h5,20H,4H2,1-3H3,(H,13,15,16). The Morgan fingerprint density at radius 1 is 1.30 bits per heavy atom. The first kappa shape index (κ1) is 15.8. The molecule has 1 rings (SSSR count). The second-order valence-electron chi connectivity index (χ2n) is 3.22. The number of rotatable bonds is 4. The number of urea groups is 1. The molecule has 9 nitrogen and oxygen atoms in total. The molecule has 20 heavy (non-hydrogen) atoms. The number of imide groups is 1. The summed E-state index contributed by atoms with van der Waals surface area (Å²) in [5, 5.41) is 1.94. The van der Waals surface area contributed by atoms with Gasteiger partial charge in [0.1, 0.15) is 0 Å². The molecule has 0 aliphatic heterocycles. The number of ether oxygens (including phenoxy) is 3. The predicted octanol–water partition coefficient (Wildman–Crippen LogP) is 1.01. The van der Waals surface area contributed by atoms with Crippen LogP contribution in [0.15, 0.2) is 6.07 Å². The van der Waals surface area contributed by atoms with E-state index in [0.29, 0.717) is 0 Å². The number of hydrogen-bond acceptors (Lipinski definition) is 8. The first-order chi connectivity index (χ1) is 9.51. The summed E-state index contributed by atoms with van der Waals surface area (Å²) in [5.41, 5.74) is 0. The van der Waals surface area contributed by atoms with Gasteiger partial charge in [0, 0.05) is 0 Å². The van der Waals surface area contributed by atoms with Gasteiger partial charge in [-0.25, -0.2) is 19.2 Å². The summed E-state index contributed by atoms with van der Waals surface area (Å²) in [4.78, 5) is 30.6. The fourth-order valence-electron chi connectivity index (χ4n) is 1.09. The first-order valence-electron chi connectivity index (χ1n) is 5.45. The van der Waals surface area contributed by atoms with Gasteiger partial charge in [-0.3, -0.25) is 0 Å². The second-order valence-corrected chi connectivity index (χ2v) is 3.62. The van der Waals surface area contributed by atoms with Gasteiger partial charge >= 0.3 is 12.1 Å². The third-order valence-electron chi connectivity index (χ3n) is 1.95. The number of alkyl carbamates (subject to hydrolysis) is 1. The van der Waals surface area contributed by atoms with E-state index in [-0.39, 0.29) is 24.3 Å². The zero-order valence-electron chi connectivity index (χ0n) is 11.1. The largest absolute Gasteiger partial charge is 0.481 e. The molecule has 0 saturated carbocycles. The molecule has 110 valence electrons. The normalized spacial score (nSPS) is 9.60. The maximum absolute atomic E-state index is 11.7. The summed E-state index contributed by atoms with van der Waals surface area (Å²) in [7, 11) is 2.79. The van der Waals surface area contributed by atoms with Gasteiger partial charge in [-0.05, 0) is 6.92 Å². The summed E-state index contributed by atoms with van der Waals surface area (Å²) in [5.74, 6) is 0.232. The van der Waals surface area contributed by atoms with Gasteiger partial charge < -0.3 is 14.2 Å². The van der Waals surface area contributed by atoms with Gasteiger partial charge in [0.2, 0.25) is 11.8 Å². The Kier molecular flexibility index (Phi) is 5.84. The van der Waals surface area contributed by atoms with Gasteiger partial charge in [0.25, 0.3) is 5.95 Å². The van der Waals surface area contributed by atoms with Gasteiger partial charge in [0.15, 0.2) is 0 Å². The molecule has 0 atom stereocenters. The van der Waals surface area contributed by atoms with E-state index in [1.54, 1.807) is 6.92 Å². The molecule has 0 bridgehead atoms. The highest BCUT2D eigenvalue weighted by Gasteiger charge is 2.20. The number of nitrogens with zero attached hydrogens (tertiary/aromatic N) is 3. The third-order valence-corrected chi connectivity index (χ3v) is 2.31. The number of amides is 3. The van der Waals surface area contributed by atoms with E-state index in [0.717, 1.165) is 4.31 Å². The number of nitrogens with one attached hydrogen (secondary N) is 1. The van der Waals surface area contributed by atoms with Crippen molar-refractivity contribution in [1.29, 1.82) is 0 Å². The van der Waals surface area contributed by atoms with Crippen molar-refractivity contribution in [2.75, 3.05) is 25.1 Å². The molecular formula is C10H14N4O5S. The first-order valence-corrected chi connectivity index (χ1v) is 5.85. The van der Waals surface area contributed by atoms with Crippen molar-refractivity contribution >= 4 is 30.9 Å². The van der Waals surface area contributed by atoms with E-state index in [1.807, 2.05) is 5.32 Å². The van der Waals surface area contributed by atoms with Crippen LogP contribution in [-0.4, -0.2) is 42.9 Å². The molecule has 0 aliphatic rings. The molecule has 0 unspecified atom stereocenters. The van der Waals surface area contributed by atoms with E-state index in [2.05, 4.69) is 27.5 Å². The van der Waals surface area contributed by atoms with Crippen molar-refractivity contribution < 1.29 is 23.8 Å². The van der Waals surface area contributed by atoms with E-state index in [9.17, 15) is 9.59 Å². The second kappa shape index (κ2) is 7.38. The quantitative estimate of drug-likeness (QED) is 0.800. The van der Waals surface area contributed by atoms with Gasteiger partial charge in [0.05, 0.1) is 26.9 Å². The molecule has 1 aromatic rings. The Labute approximate surface area is 120 Å². The summed E-state index contributed by atoms with van der Waals surface area (Å²) < 4.78 is 15.2. The fraction of sp³-hybridized carbons (Fsp3) is 0.400. The van der Waals surface area contributed by atoms with Crippen molar-refractivity contribution in [2.45, 2.75) is 6.92 Å². The van der Waals surface area contributed by atoms with E-state index >= 15 is 0 Å². The predicted molar refractivity (Wildman–Crippen MR) is 72.2 cm³/mol. The van der Waals surface area contributed by atoms with Crippen molar-refractivity contribution in [2.24, 2.45) is 0 Å². The molecule has 1 heterocycles. The van der Waals surface area contributed by atoms with Crippen LogP contribution in [0.3, 0.4) is 0 Å². The molecule has 0 spiro atoms. The van der Waals surface area contributed by atoms with Crippen LogP contribution >= 0.6 is 12.8 Å². The number of carbonyl (C=O) groups is 2. The summed E-state index contributed by atoms with van der Waals surface area (Å²) >= 11 is 3.91. The number of hydrogen-bond donors (Lipinski definition) is 2.